The summed E-state index contributed by atoms with van der Waals surface area (Å²) in [5.41, 5.74) is 9.79. The number of rotatable bonds is 4. The first-order valence-electron chi connectivity index (χ1n) is 6.74. The van der Waals surface area contributed by atoms with E-state index in [1.54, 1.807) is 7.11 Å². The van der Waals surface area contributed by atoms with Crippen LogP contribution in [0.5, 0.6) is 5.75 Å². The molecule has 3 rings (SSSR count). The highest BCUT2D eigenvalue weighted by Gasteiger charge is 2.14. The number of nitrogens with two attached hydrogens (primary N) is 1. The Morgan fingerprint density at radius 2 is 2.14 bits per heavy atom. The van der Waals surface area contributed by atoms with Crippen LogP contribution < -0.4 is 10.5 Å². The summed E-state index contributed by atoms with van der Waals surface area (Å²) < 4.78 is 8.42. The van der Waals surface area contributed by atoms with Gasteiger partial charge in [0.05, 0.1) is 18.5 Å². The van der Waals surface area contributed by atoms with E-state index in [4.69, 9.17) is 15.5 Å². The summed E-state index contributed by atoms with van der Waals surface area (Å²) in [5.74, 6) is 0.830. The molecule has 0 bridgehead atoms. The van der Waals surface area contributed by atoms with Crippen LogP contribution in [0.3, 0.4) is 0 Å². The molecule has 0 spiro atoms. The lowest BCUT2D eigenvalue weighted by molar-refractivity contribution is 0.415. The van der Waals surface area contributed by atoms with E-state index in [9.17, 15) is 0 Å². The van der Waals surface area contributed by atoms with Crippen molar-refractivity contribution in [2.75, 3.05) is 13.7 Å². The van der Waals surface area contributed by atoms with E-state index < -0.39 is 0 Å². The average Bonchev–Trinajstić information content (AvgIpc) is 2.85. The number of imidazole rings is 1. The van der Waals surface area contributed by atoms with Crippen molar-refractivity contribution in [2.45, 2.75) is 6.42 Å². The normalized spacial score (nSPS) is 11.0. The number of hydrogen-bond donors (Lipinski definition) is 1. The zero-order valence-electron chi connectivity index (χ0n) is 11.7. The van der Waals surface area contributed by atoms with Crippen LogP contribution in [0.25, 0.3) is 16.9 Å². The van der Waals surface area contributed by atoms with E-state index >= 15 is 0 Å². The largest absolute Gasteiger partial charge is 0.497 e. The highest BCUT2D eigenvalue weighted by atomic mass is 79.9. The van der Waals surface area contributed by atoms with Gasteiger partial charge in [-0.1, -0.05) is 12.1 Å². The predicted octanol–water partition coefficient (Wildman–Crippen LogP) is 3.27. The first-order valence-corrected chi connectivity index (χ1v) is 7.53. The van der Waals surface area contributed by atoms with Crippen LogP contribution in [0.1, 0.15) is 5.69 Å². The van der Waals surface area contributed by atoms with E-state index in [-0.39, 0.29) is 0 Å². The molecule has 0 saturated heterocycles. The van der Waals surface area contributed by atoms with Gasteiger partial charge in [-0.2, -0.15) is 0 Å². The van der Waals surface area contributed by atoms with Gasteiger partial charge in [-0.15, -0.1) is 0 Å². The zero-order chi connectivity index (χ0) is 14.8. The van der Waals surface area contributed by atoms with Gasteiger partial charge in [0.2, 0.25) is 0 Å². The lowest BCUT2D eigenvalue weighted by atomic mass is 10.1. The summed E-state index contributed by atoms with van der Waals surface area (Å²) >= 11 is 3.52. The molecule has 0 aliphatic heterocycles. The Balaban J connectivity index is 2.26. The van der Waals surface area contributed by atoms with Gasteiger partial charge < -0.3 is 10.5 Å². The minimum atomic E-state index is 0.571. The Morgan fingerprint density at radius 1 is 1.29 bits per heavy atom. The van der Waals surface area contributed by atoms with Gasteiger partial charge in [-0.05, 0) is 46.7 Å². The van der Waals surface area contributed by atoms with Crippen molar-refractivity contribution < 1.29 is 4.74 Å². The Hall–Kier alpha value is -1.85. The fourth-order valence-corrected chi connectivity index (χ4v) is 2.79. The molecule has 0 aliphatic rings. The van der Waals surface area contributed by atoms with Gasteiger partial charge in [0, 0.05) is 22.7 Å². The van der Waals surface area contributed by atoms with Gasteiger partial charge in [-0.25, -0.2) is 4.98 Å². The van der Waals surface area contributed by atoms with Gasteiger partial charge in [0.15, 0.2) is 0 Å². The molecule has 0 aliphatic carbocycles. The van der Waals surface area contributed by atoms with Crippen LogP contribution >= 0.6 is 15.9 Å². The topological polar surface area (TPSA) is 52.5 Å². The van der Waals surface area contributed by atoms with Crippen LogP contribution in [0.15, 0.2) is 47.1 Å². The Kier molecular flexibility index (Phi) is 3.94. The molecule has 5 heteroatoms. The van der Waals surface area contributed by atoms with E-state index in [2.05, 4.69) is 26.4 Å². The molecule has 4 nitrogen and oxygen atoms in total. The van der Waals surface area contributed by atoms with Crippen molar-refractivity contribution in [3.8, 4) is 17.0 Å². The summed E-state index contributed by atoms with van der Waals surface area (Å²) in [6.07, 6.45) is 2.77. The zero-order valence-corrected chi connectivity index (χ0v) is 13.3. The van der Waals surface area contributed by atoms with Gasteiger partial charge in [0.1, 0.15) is 11.4 Å². The third-order valence-electron chi connectivity index (χ3n) is 3.38. The van der Waals surface area contributed by atoms with Crippen molar-refractivity contribution in [3.05, 3.63) is 52.8 Å². The van der Waals surface area contributed by atoms with Gasteiger partial charge in [0.25, 0.3) is 0 Å². The highest BCUT2D eigenvalue weighted by molar-refractivity contribution is 9.10. The SMILES string of the molecule is COc1cccc(-c2c(CCN)nc3ccc(Br)cn23)c1. The first-order chi connectivity index (χ1) is 10.2. The molecular formula is C16H16BrN3O. The van der Waals surface area contributed by atoms with Gasteiger partial charge in [-0.3, -0.25) is 4.40 Å². The highest BCUT2D eigenvalue weighted by Crippen LogP contribution is 2.29. The predicted molar refractivity (Wildman–Crippen MR) is 87.6 cm³/mol. The Labute approximate surface area is 131 Å². The van der Waals surface area contributed by atoms with Gasteiger partial charge >= 0.3 is 0 Å². The molecule has 0 saturated carbocycles. The van der Waals surface area contributed by atoms with Crippen molar-refractivity contribution in [1.29, 1.82) is 0 Å². The summed E-state index contributed by atoms with van der Waals surface area (Å²) in [6, 6.07) is 12.0. The minimum Gasteiger partial charge on any atom is -0.497 e. The number of fused-ring (bicyclic) bond motifs is 1. The second kappa shape index (κ2) is 5.87. The van der Waals surface area contributed by atoms with E-state index in [1.807, 2.05) is 36.5 Å². The third kappa shape index (κ3) is 2.66. The monoisotopic (exact) mass is 345 g/mol. The molecule has 2 heterocycles. The number of methoxy groups -OCH3 is 1. The maximum atomic E-state index is 5.73. The maximum absolute atomic E-state index is 5.73. The molecule has 108 valence electrons. The summed E-state index contributed by atoms with van der Waals surface area (Å²) in [7, 11) is 1.67. The molecule has 0 unspecified atom stereocenters. The molecule has 0 radical (unpaired) electrons. The van der Waals surface area contributed by atoms with Crippen molar-refractivity contribution in [3.63, 3.8) is 0 Å². The second-order valence-electron chi connectivity index (χ2n) is 4.75. The minimum absolute atomic E-state index is 0.571. The molecule has 0 fully saturated rings. The number of benzene rings is 1. The van der Waals surface area contributed by atoms with Crippen LogP contribution in [0, 0.1) is 0 Å². The number of ether oxygens (including phenoxy) is 1. The van der Waals surface area contributed by atoms with E-state index in [0.29, 0.717) is 6.54 Å². The summed E-state index contributed by atoms with van der Waals surface area (Å²) in [5, 5.41) is 0. The Morgan fingerprint density at radius 3 is 2.90 bits per heavy atom. The molecule has 3 aromatic rings. The average molecular weight is 346 g/mol. The molecule has 1 aromatic carbocycles. The lowest BCUT2D eigenvalue weighted by Gasteiger charge is -2.07. The lowest BCUT2D eigenvalue weighted by Crippen LogP contribution is -2.04. The number of halogens is 1. The van der Waals surface area contributed by atoms with E-state index in [1.165, 1.54) is 0 Å². The number of nitrogens with zero attached hydrogens (tertiary/aromatic N) is 2. The smallest absolute Gasteiger partial charge is 0.137 e. The van der Waals surface area contributed by atoms with Crippen molar-refractivity contribution in [2.24, 2.45) is 5.73 Å². The van der Waals surface area contributed by atoms with E-state index in [0.717, 1.165) is 39.2 Å². The number of pyridine rings is 1. The molecule has 0 amide bonds. The molecule has 0 atom stereocenters. The number of aromatic nitrogens is 2. The Bertz CT molecular complexity index is 782. The fourth-order valence-electron chi connectivity index (χ4n) is 2.45. The second-order valence-corrected chi connectivity index (χ2v) is 5.67. The molecule has 2 N–H and O–H groups in total. The summed E-state index contributed by atoms with van der Waals surface area (Å²) in [6.45, 7) is 0.571. The third-order valence-corrected chi connectivity index (χ3v) is 3.85. The maximum Gasteiger partial charge on any atom is 0.137 e. The number of hydrogen-bond acceptors (Lipinski definition) is 3. The molecular weight excluding hydrogens is 330 g/mol. The standard InChI is InChI=1S/C16H16BrN3O/c1-21-13-4-2-3-11(9-13)16-14(7-8-18)19-15-6-5-12(17)10-20(15)16/h2-6,9-10H,7-8,18H2,1H3. The van der Waals surface area contributed by atoms with Crippen molar-refractivity contribution >= 4 is 21.6 Å². The summed E-state index contributed by atoms with van der Waals surface area (Å²) in [4.78, 5) is 4.70. The quantitative estimate of drug-likeness (QED) is 0.789. The fraction of sp³-hybridized carbons (Fsp3) is 0.188. The van der Waals surface area contributed by atoms with Crippen molar-refractivity contribution in [1.82, 2.24) is 9.38 Å². The van der Waals surface area contributed by atoms with Crippen LogP contribution in [0.2, 0.25) is 0 Å². The van der Waals surface area contributed by atoms with Crippen LogP contribution in [-0.2, 0) is 6.42 Å². The van der Waals surface area contributed by atoms with Crippen LogP contribution in [0.4, 0.5) is 0 Å². The molecule has 21 heavy (non-hydrogen) atoms. The van der Waals surface area contributed by atoms with Crippen LogP contribution in [-0.4, -0.2) is 23.0 Å². The molecule has 2 aromatic heterocycles. The first kappa shape index (κ1) is 14.1.